The SMILES string of the molecule is CC#CC#CC#CC=CC=CC(O)CCO.CC(=O)O.CC(=O)O. The van der Waals surface area contributed by atoms with E-state index in [1.807, 2.05) is 0 Å². The Balaban J connectivity index is -0.000000457. The first-order valence-electron chi connectivity index (χ1n) is 6.71. The predicted molar refractivity (Wildman–Crippen MR) is 91.6 cm³/mol. The molecule has 0 amide bonds. The molecular formula is C18H22O6. The van der Waals surface area contributed by atoms with Crippen LogP contribution in [0.2, 0.25) is 0 Å². The summed E-state index contributed by atoms with van der Waals surface area (Å²) < 4.78 is 0. The summed E-state index contributed by atoms with van der Waals surface area (Å²) >= 11 is 0. The second-order valence-electron chi connectivity index (χ2n) is 3.76. The van der Waals surface area contributed by atoms with Crippen molar-refractivity contribution in [3.8, 4) is 35.5 Å². The van der Waals surface area contributed by atoms with Crippen LogP contribution in [0.25, 0.3) is 0 Å². The van der Waals surface area contributed by atoms with Crippen molar-refractivity contribution in [2.45, 2.75) is 33.3 Å². The molecule has 0 radical (unpaired) electrons. The fourth-order valence-corrected chi connectivity index (χ4v) is 0.727. The van der Waals surface area contributed by atoms with Gasteiger partial charge < -0.3 is 20.4 Å². The Morgan fingerprint density at radius 2 is 1.50 bits per heavy atom. The highest BCUT2D eigenvalue weighted by Gasteiger charge is 1.93. The van der Waals surface area contributed by atoms with Crippen LogP contribution >= 0.6 is 0 Å². The molecule has 0 saturated carbocycles. The van der Waals surface area contributed by atoms with Gasteiger partial charge in [-0.15, -0.1) is 0 Å². The lowest BCUT2D eigenvalue weighted by atomic mass is 10.2. The number of hydrogen-bond acceptors (Lipinski definition) is 4. The molecular weight excluding hydrogens is 312 g/mol. The van der Waals surface area contributed by atoms with Crippen LogP contribution in [0.5, 0.6) is 0 Å². The quantitative estimate of drug-likeness (QED) is 0.451. The maximum absolute atomic E-state index is 9.19. The molecule has 1 unspecified atom stereocenters. The molecule has 0 aliphatic heterocycles. The van der Waals surface area contributed by atoms with Crippen molar-refractivity contribution < 1.29 is 30.0 Å². The summed E-state index contributed by atoms with van der Waals surface area (Å²) in [5.74, 6) is 14.0. The van der Waals surface area contributed by atoms with Crippen molar-refractivity contribution in [2.75, 3.05) is 6.61 Å². The molecule has 0 spiro atoms. The molecule has 0 heterocycles. The number of carboxylic acid groups (broad SMARTS) is 2. The number of rotatable bonds is 4. The number of hydrogen-bond donors (Lipinski definition) is 4. The summed E-state index contributed by atoms with van der Waals surface area (Å²) in [7, 11) is 0. The van der Waals surface area contributed by atoms with Crippen LogP contribution < -0.4 is 0 Å². The molecule has 6 nitrogen and oxygen atoms in total. The Labute approximate surface area is 142 Å². The van der Waals surface area contributed by atoms with Gasteiger partial charge in [0.2, 0.25) is 0 Å². The molecule has 24 heavy (non-hydrogen) atoms. The van der Waals surface area contributed by atoms with Crippen LogP contribution in [0.1, 0.15) is 27.2 Å². The van der Waals surface area contributed by atoms with E-state index in [1.165, 1.54) is 0 Å². The Morgan fingerprint density at radius 1 is 1.00 bits per heavy atom. The van der Waals surface area contributed by atoms with Gasteiger partial charge in [-0.05, 0) is 43.1 Å². The summed E-state index contributed by atoms with van der Waals surface area (Å²) in [5, 5.41) is 32.5. The van der Waals surface area contributed by atoms with Gasteiger partial charge in [0, 0.05) is 20.5 Å². The van der Waals surface area contributed by atoms with E-state index >= 15 is 0 Å². The molecule has 6 heteroatoms. The lowest BCUT2D eigenvalue weighted by Gasteiger charge is -1.98. The van der Waals surface area contributed by atoms with Crippen molar-refractivity contribution in [1.82, 2.24) is 0 Å². The van der Waals surface area contributed by atoms with Crippen LogP contribution in [0.3, 0.4) is 0 Å². The van der Waals surface area contributed by atoms with E-state index in [2.05, 4.69) is 35.5 Å². The van der Waals surface area contributed by atoms with Gasteiger partial charge in [0.1, 0.15) is 0 Å². The largest absolute Gasteiger partial charge is 0.481 e. The fourth-order valence-electron chi connectivity index (χ4n) is 0.727. The third kappa shape index (κ3) is 50.9. The number of aliphatic hydroxyl groups is 2. The number of aliphatic hydroxyl groups excluding tert-OH is 2. The first-order valence-corrected chi connectivity index (χ1v) is 6.71. The zero-order valence-electron chi connectivity index (χ0n) is 13.9. The maximum Gasteiger partial charge on any atom is 0.300 e. The van der Waals surface area contributed by atoms with Crippen LogP contribution in [0.4, 0.5) is 0 Å². The topological polar surface area (TPSA) is 115 Å². The number of allylic oxidation sites excluding steroid dienone is 3. The van der Waals surface area contributed by atoms with Gasteiger partial charge in [-0.2, -0.15) is 0 Å². The van der Waals surface area contributed by atoms with Crippen LogP contribution in [0, 0.1) is 35.5 Å². The van der Waals surface area contributed by atoms with E-state index < -0.39 is 18.0 Å². The first kappa shape index (κ1) is 25.9. The van der Waals surface area contributed by atoms with Crippen LogP contribution in [0.15, 0.2) is 24.3 Å². The number of carbonyl (C=O) groups is 2. The highest BCUT2D eigenvalue weighted by Crippen LogP contribution is 1.91. The van der Waals surface area contributed by atoms with E-state index in [0.29, 0.717) is 6.42 Å². The minimum atomic E-state index is -0.833. The zero-order chi connectivity index (χ0) is 19.2. The summed E-state index contributed by atoms with van der Waals surface area (Å²) in [4.78, 5) is 18.0. The average Bonchev–Trinajstić information content (AvgIpc) is 2.44. The normalized spacial score (nSPS) is 9.38. The van der Waals surface area contributed by atoms with E-state index in [0.717, 1.165) is 13.8 Å². The van der Waals surface area contributed by atoms with Crippen molar-refractivity contribution >= 4 is 11.9 Å². The van der Waals surface area contributed by atoms with Crippen molar-refractivity contribution in [2.24, 2.45) is 0 Å². The highest BCUT2D eigenvalue weighted by molar-refractivity contribution is 5.63. The van der Waals surface area contributed by atoms with E-state index in [4.69, 9.17) is 24.9 Å². The lowest BCUT2D eigenvalue weighted by molar-refractivity contribution is -0.135. The molecule has 0 aliphatic carbocycles. The third-order valence-electron chi connectivity index (χ3n) is 1.43. The molecule has 1 atom stereocenters. The van der Waals surface area contributed by atoms with Crippen molar-refractivity contribution in [3.05, 3.63) is 24.3 Å². The van der Waals surface area contributed by atoms with Gasteiger partial charge in [0.25, 0.3) is 11.9 Å². The second-order valence-corrected chi connectivity index (χ2v) is 3.76. The summed E-state index contributed by atoms with van der Waals surface area (Å²) in [6, 6.07) is 0. The van der Waals surface area contributed by atoms with Gasteiger partial charge in [-0.25, -0.2) is 0 Å². The molecule has 0 aromatic heterocycles. The standard InChI is InChI=1S/C14H14O2.2C2H4O2/c1-2-3-4-5-6-7-8-9-10-11-14(16)12-13-15;2*1-2(3)4/h8-11,14-16H,12-13H2,1H3;2*1H3,(H,3,4). The second kappa shape index (κ2) is 22.3. The van der Waals surface area contributed by atoms with Crippen LogP contribution in [-0.4, -0.2) is 45.1 Å². The van der Waals surface area contributed by atoms with Gasteiger partial charge in [0.05, 0.1) is 6.10 Å². The van der Waals surface area contributed by atoms with Crippen molar-refractivity contribution in [1.29, 1.82) is 0 Å². The molecule has 130 valence electrons. The smallest absolute Gasteiger partial charge is 0.300 e. The van der Waals surface area contributed by atoms with Gasteiger partial charge in [-0.1, -0.05) is 30.1 Å². The molecule has 0 aromatic carbocycles. The molecule has 0 rings (SSSR count). The summed E-state index contributed by atoms with van der Waals surface area (Å²) in [5.41, 5.74) is 0. The summed E-state index contributed by atoms with van der Waals surface area (Å²) in [6.07, 6.45) is 6.31. The molecule has 0 fully saturated rings. The minimum Gasteiger partial charge on any atom is -0.481 e. The zero-order valence-corrected chi connectivity index (χ0v) is 13.9. The third-order valence-corrected chi connectivity index (χ3v) is 1.43. The number of carboxylic acids is 2. The van der Waals surface area contributed by atoms with E-state index in [9.17, 15) is 5.11 Å². The molecule has 0 bridgehead atoms. The molecule has 4 N–H and O–H groups in total. The molecule has 0 aliphatic rings. The van der Waals surface area contributed by atoms with Gasteiger partial charge in [0.15, 0.2) is 0 Å². The molecule has 0 aromatic rings. The number of aliphatic carboxylic acids is 2. The Morgan fingerprint density at radius 3 is 1.96 bits per heavy atom. The van der Waals surface area contributed by atoms with E-state index in [-0.39, 0.29) is 6.61 Å². The van der Waals surface area contributed by atoms with Gasteiger partial charge in [-0.3, -0.25) is 9.59 Å². The highest BCUT2D eigenvalue weighted by atomic mass is 16.4. The fraction of sp³-hybridized carbons (Fsp3) is 0.333. The molecule has 0 saturated heterocycles. The Bertz CT molecular complexity index is 562. The Hall–Kier alpha value is -2.98. The van der Waals surface area contributed by atoms with E-state index in [1.54, 1.807) is 31.2 Å². The maximum atomic E-state index is 9.19. The van der Waals surface area contributed by atoms with Crippen LogP contribution in [-0.2, 0) is 9.59 Å². The van der Waals surface area contributed by atoms with Crippen molar-refractivity contribution in [3.63, 3.8) is 0 Å². The monoisotopic (exact) mass is 334 g/mol. The average molecular weight is 334 g/mol. The Kier molecular flexibility index (Phi) is 24.1. The predicted octanol–water partition coefficient (Wildman–Crippen LogP) is 1.05. The lowest BCUT2D eigenvalue weighted by Crippen LogP contribution is -2.03. The first-order chi connectivity index (χ1) is 11.3. The minimum absolute atomic E-state index is 0.0247. The summed E-state index contributed by atoms with van der Waals surface area (Å²) in [6.45, 7) is 3.85. The van der Waals surface area contributed by atoms with Gasteiger partial charge >= 0.3 is 0 Å².